The van der Waals surface area contributed by atoms with Crippen LogP contribution in [0.4, 0.5) is 0 Å². The number of benzene rings is 1. The molecule has 1 N–H and O–H groups in total. The minimum absolute atomic E-state index is 0.0431. The van der Waals surface area contributed by atoms with Crippen molar-refractivity contribution in [1.82, 2.24) is 19.8 Å². The van der Waals surface area contributed by atoms with Crippen molar-refractivity contribution in [2.45, 2.75) is 25.3 Å². The van der Waals surface area contributed by atoms with Crippen molar-refractivity contribution in [3.05, 3.63) is 60.2 Å². The first kappa shape index (κ1) is 20.8. The molecule has 1 saturated heterocycles. The number of fused-ring (bicyclic) bond motifs is 1. The SMILES string of the molecule is COc1ccc(C(NC(=O)CCN2C(=O)C3CC=CCC3C2=O)c2nccn2C)cc1. The van der Waals surface area contributed by atoms with Crippen LogP contribution in [0.3, 0.4) is 0 Å². The van der Waals surface area contributed by atoms with Gasteiger partial charge < -0.3 is 14.6 Å². The van der Waals surface area contributed by atoms with Crippen molar-refractivity contribution >= 4 is 17.7 Å². The number of aryl methyl sites for hydroxylation is 1. The van der Waals surface area contributed by atoms with Crippen molar-refractivity contribution in [3.63, 3.8) is 0 Å². The summed E-state index contributed by atoms with van der Waals surface area (Å²) in [5.41, 5.74) is 0.855. The Labute approximate surface area is 180 Å². The Balaban J connectivity index is 1.45. The molecule has 162 valence electrons. The second-order valence-corrected chi connectivity index (χ2v) is 7.90. The average molecular weight is 422 g/mol. The zero-order valence-corrected chi connectivity index (χ0v) is 17.7. The molecule has 2 aromatic rings. The minimum Gasteiger partial charge on any atom is -0.497 e. The van der Waals surface area contributed by atoms with Gasteiger partial charge in [0.05, 0.1) is 18.9 Å². The molecule has 1 aromatic carbocycles. The van der Waals surface area contributed by atoms with E-state index in [0.717, 1.165) is 11.3 Å². The number of carbonyl (C=O) groups excluding carboxylic acids is 3. The number of amides is 3. The monoisotopic (exact) mass is 422 g/mol. The Morgan fingerprint density at radius 2 is 1.81 bits per heavy atom. The number of hydrogen-bond acceptors (Lipinski definition) is 5. The topological polar surface area (TPSA) is 93.5 Å². The maximum absolute atomic E-state index is 12.8. The molecule has 0 bridgehead atoms. The molecule has 2 aliphatic rings. The van der Waals surface area contributed by atoms with E-state index in [1.165, 1.54) is 4.90 Å². The third kappa shape index (κ3) is 4.10. The fraction of sp³-hybridized carbons (Fsp3) is 0.391. The molecule has 0 radical (unpaired) electrons. The van der Waals surface area contributed by atoms with Gasteiger partial charge in [0.2, 0.25) is 17.7 Å². The highest BCUT2D eigenvalue weighted by atomic mass is 16.5. The van der Waals surface area contributed by atoms with E-state index in [0.29, 0.717) is 18.7 Å². The molecule has 3 unspecified atom stereocenters. The lowest BCUT2D eigenvalue weighted by Crippen LogP contribution is -2.37. The number of ether oxygens (including phenoxy) is 1. The van der Waals surface area contributed by atoms with Crippen LogP contribution < -0.4 is 10.1 Å². The van der Waals surface area contributed by atoms with E-state index in [2.05, 4.69) is 10.3 Å². The van der Waals surface area contributed by atoms with Crippen molar-refractivity contribution in [2.75, 3.05) is 13.7 Å². The number of likely N-dealkylation sites (tertiary alicyclic amines) is 1. The van der Waals surface area contributed by atoms with Gasteiger partial charge in [0.15, 0.2) is 0 Å². The molecule has 31 heavy (non-hydrogen) atoms. The maximum atomic E-state index is 12.8. The molecule has 0 saturated carbocycles. The summed E-state index contributed by atoms with van der Waals surface area (Å²) in [5, 5.41) is 3.01. The summed E-state index contributed by atoms with van der Waals surface area (Å²) in [4.78, 5) is 43.7. The minimum atomic E-state index is -0.463. The first-order valence-electron chi connectivity index (χ1n) is 10.4. The standard InChI is InChI=1S/C23H26N4O4/c1-26-14-12-24-21(26)20(15-7-9-16(31-2)10-8-15)25-19(28)11-13-27-22(29)17-5-3-4-6-18(17)23(27)30/h3-4,7-10,12,14,17-18,20H,5-6,11,13H2,1-2H3,(H,25,28). The van der Waals surface area contributed by atoms with Crippen LogP contribution in [0.2, 0.25) is 0 Å². The van der Waals surface area contributed by atoms with Gasteiger partial charge in [0, 0.05) is 32.4 Å². The zero-order chi connectivity index (χ0) is 22.0. The highest BCUT2D eigenvalue weighted by Gasteiger charge is 2.46. The van der Waals surface area contributed by atoms with E-state index in [4.69, 9.17) is 4.74 Å². The van der Waals surface area contributed by atoms with E-state index in [1.54, 1.807) is 13.3 Å². The number of allylic oxidation sites excluding steroid dienone is 2. The number of aromatic nitrogens is 2. The van der Waals surface area contributed by atoms with Gasteiger partial charge in [-0.05, 0) is 30.5 Å². The summed E-state index contributed by atoms with van der Waals surface area (Å²) in [5.74, 6) is 0.267. The predicted molar refractivity (Wildman–Crippen MR) is 113 cm³/mol. The lowest BCUT2D eigenvalue weighted by atomic mass is 9.85. The molecular weight excluding hydrogens is 396 g/mol. The fourth-order valence-corrected chi connectivity index (χ4v) is 4.28. The summed E-state index contributed by atoms with van der Waals surface area (Å²) in [6, 6.07) is 6.95. The quantitative estimate of drug-likeness (QED) is 0.544. The van der Waals surface area contributed by atoms with Gasteiger partial charge >= 0.3 is 0 Å². The molecule has 2 heterocycles. The third-order valence-corrected chi connectivity index (χ3v) is 6.03. The fourth-order valence-electron chi connectivity index (χ4n) is 4.28. The largest absolute Gasteiger partial charge is 0.497 e. The number of methoxy groups -OCH3 is 1. The summed E-state index contributed by atoms with van der Waals surface area (Å²) in [7, 11) is 3.46. The number of imide groups is 1. The summed E-state index contributed by atoms with van der Waals surface area (Å²) >= 11 is 0. The number of hydrogen-bond donors (Lipinski definition) is 1. The van der Waals surface area contributed by atoms with E-state index in [9.17, 15) is 14.4 Å². The molecule has 1 aliphatic heterocycles. The van der Waals surface area contributed by atoms with Crippen LogP contribution in [0.15, 0.2) is 48.8 Å². The molecule has 3 amide bonds. The van der Waals surface area contributed by atoms with Crippen LogP contribution in [-0.2, 0) is 21.4 Å². The molecule has 1 fully saturated rings. The van der Waals surface area contributed by atoms with E-state index in [-0.39, 0.29) is 42.5 Å². The van der Waals surface area contributed by atoms with Crippen LogP contribution in [0.5, 0.6) is 5.75 Å². The number of nitrogens with one attached hydrogen (secondary N) is 1. The van der Waals surface area contributed by atoms with Gasteiger partial charge in [-0.25, -0.2) is 4.98 Å². The molecular formula is C23H26N4O4. The van der Waals surface area contributed by atoms with Gasteiger partial charge in [-0.1, -0.05) is 24.3 Å². The van der Waals surface area contributed by atoms with Crippen molar-refractivity contribution < 1.29 is 19.1 Å². The molecule has 4 rings (SSSR count). The van der Waals surface area contributed by atoms with Gasteiger partial charge in [-0.15, -0.1) is 0 Å². The first-order chi connectivity index (χ1) is 15.0. The van der Waals surface area contributed by atoms with Crippen LogP contribution in [-0.4, -0.2) is 45.8 Å². The van der Waals surface area contributed by atoms with E-state index in [1.807, 2.05) is 54.2 Å². The van der Waals surface area contributed by atoms with E-state index >= 15 is 0 Å². The normalized spacial score (nSPS) is 21.2. The number of imidazole rings is 1. The molecule has 8 nitrogen and oxygen atoms in total. The maximum Gasteiger partial charge on any atom is 0.233 e. The number of carbonyl (C=O) groups is 3. The van der Waals surface area contributed by atoms with E-state index < -0.39 is 6.04 Å². The van der Waals surface area contributed by atoms with Crippen LogP contribution in [0, 0.1) is 11.8 Å². The van der Waals surface area contributed by atoms with Gasteiger partial charge in [0.1, 0.15) is 17.6 Å². The van der Waals surface area contributed by atoms with Crippen molar-refractivity contribution in [1.29, 1.82) is 0 Å². The Kier molecular flexibility index (Phi) is 5.88. The molecule has 0 spiro atoms. The number of nitrogens with zero attached hydrogens (tertiary/aromatic N) is 3. The summed E-state index contributed by atoms with van der Waals surface area (Å²) in [6.07, 6.45) is 8.63. The van der Waals surface area contributed by atoms with Gasteiger partial charge in [0.25, 0.3) is 0 Å². The van der Waals surface area contributed by atoms with Crippen LogP contribution >= 0.6 is 0 Å². The zero-order valence-electron chi connectivity index (χ0n) is 17.7. The van der Waals surface area contributed by atoms with Crippen molar-refractivity contribution in [2.24, 2.45) is 18.9 Å². The highest BCUT2D eigenvalue weighted by Crippen LogP contribution is 2.35. The summed E-state index contributed by atoms with van der Waals surface area (Å²) < 4.78 is 7.07. The highest BCUT2D eigenvalue weighted by molar-refractivity contribution is 6.05. The lowest BCUT2D eigenvalue weighted by Gasteiger charge is -2.20. The molecule has 3 atom stereocenters. The second kappa shape index (κ2) is 8.75. The predicted octanol–water partition coefficient (Wildman–Crippen LogP) is 1.98. The Bertz CT molecular complexity index is 985. The van der Waals surface area contributed by atoms with Crippen molar-refractivity contribution in [3.8, 4) is 5.75 Å². The second-order valence-electron chi connectivity index (χ2n) is 7.90. The smallest absolute Gasteiger partial charge is 0.233 e. The van der Waals surface area contributed by atoms with Gasteiger partial charge in [-0.3, -0.25) is 19.3 Å². The van der Waals surface area contributed by atoms with Gasteiger partial charge in [-0.2, -0.15) is 0 Å². The van der Waals surface area contributed by atoms with Crippen LogP contribution in [0.1, 0.15) is 36.7 Å². The lowest BCUT2D eigenvalue weighted by molar-refractivity contribution is -0.140. The molecule has 1 aliphatic carbocycles. The first-order valence-corrected chi connectivity index (χ1v) is 10.4. The Morgan fingerprint density at radius 3 is 2.35 bits per heavy atom. The Morgan fingerprint density at radius 1 is 1.16 bits per heavy atom. The molecule has 1 aromatic heterocycles. The van der Waals surface area contributed by atoms with Crippen LogP contribution in [0.25, 0.3) is 0 Å². The average Bonchev–Trinajstić information content (AvgIpc) is 3.32. The Hall–Kier alpha value is -3.42. The summed E-state index contributed by atoms with van der Waals surface area (Å²) in [6.45, 7) is 0.0897. The third-order valence-electron chi connectivity index (χ3n) is 6.03. The number of rotatable bonds is 7. The molecule has 8 heteroatoms.